The second kappa shape index (κ2) is 13.9. The fourth-order valence-electron chi connectivity index (χ4n) is 2.51. The van der Waals surface area contributed by atoms with Crippen LogP contribution in [0.3, 0.4) is 0 Å². The van der Waals surface area contributed by atoms with E-state index in [0.29, 0.717) is 25.8 Å². The van der Waals surface area contributed by atoms with Crippen LogP contribution in [0.5, 0.6) is 0 Å². The Labute approximate surface area is 176 Å². The van der Waals surface area contributed by atoms with Gasteiger partial charge in [0, 0.05) is 19.4 Å². The Balaban J connectivity index is 4.72. The molecule has 0 saturated carbocycles. The Bertz CT molecular complexity index is 698. The molecule has 13 heteroatoms. The number of unbranched alkanes of at least 4 members (excludes halogenated alkanes) is 1. The highest BCUT2D eigenvalue weighted by molar-refractivity contribution is 7.85. The third kappa shape index (κ3) is 12.3. The second-order valence-electron chi connectivity index (χ2n) is 6.93. The number of rotatable bonds is 15. The molecular weight excluding hydrogens is 420 g/mol. The van der Waals surface area contributed by atoms with Crippen LogP contribution in [0.1, 0.15) is 45.4 Å². The summed E-state index contributed by atoms with van der Waals surface area (Å²) in [6.07, 6.45) is 1.04. The molecule has 3 amide bonds. The molecular formula is C17H32N4O8S. The van der Waals surface area contributed by atoms with Crippen LogP contribution in [0.2, 0.25) is 0 Å². The van der Waals surface area contributed by atoms with Crippen molar-refractivity contribution in [3.05, 3.63) is 0 Å². The summed E-state index contributed by atoms with van der Waals surface area (Å²) in [7, 11) is -2.80. The first-order chi connectivity index (χ1) is 13.9. The number of nitrogens with one attached hydrogen (secondary N) is 3. The van der Waals surface area contributed by atoms with Crippen molar-refractivity contribution < 1.29 is 37.3 Å². The number of likely N-dealkylation sites (N-methyl/N-ethyl adjacent to an activating group) is 1. The SMILES string of the molecule is CNC(=O)[C@H](CCCCN)NC(=O)CCC(NC(=O)C(C)CCS(=O)(=O)O)C(=O)O. The van der Waals surface area contributed by atoms with Crippen LogP contribution in [0.4, 0.5) is 0 Å². The summed E-state index contributed by atoms with van der Waals surface area (Å²) in [5, 5.41) is 16.5. The van der Waals surface area contributed by atoms with Gasteiger partial charge in [0.25, 0.3) is 10.1 Å². The molecule has 0 rings (SSSR count). The highest BCUT2D eigenvalue weighted by Gasteiger charge is 2.25. The molecule has 0 saturated heterocycles. The summed E-state index contributed by atoms with van der Waals surface area (Å²) in [6, 6.07) is -2.14. The molecule has 7 N–H and O–H groups in total. The number of hydrogen-bond donors (Lipinski definition) is 6. The monoisotopic (exact) mass is 452 g/mol. The van der Waals surface area contributed by atoms with Crippen LogP contribution in [-0.2, 0) is 29.3 Å². The number of carboxylic acids is 1. The van der Waals surface area contributed by atoms with Crippen molar-refractivity contribution in [2.45, 2.75) is 57.5 Å². The van der Waals surface area contributed by atoms with Gasteiger partial charge < -0.3 is 26.8 Å². The van der Waals surface area contributed by atoms with Crippen LogP contribution in [-0.4, -0.2) is 73.2 Å². The molecule has 0 radical (unpaired) electrons. The van der Waals surface area contributed by atoms with E-state index in [4.69, 9.17) is 10.3 Å². The molecule has 0 aromatic rings. The summed E-state index contributed by atoms with van der Waals surface area (Å²) in [4.78, 5) is 47.5. The molecule has 3 atom stereocenters. The van der Waals surface area contributed by atoms with Gasteiger partial charge in [-0.1, -0.05) is 6.92 Å². The van der Waals surface area contributed by atoms with Crippen molar-refractivity contribution in [1.29, 1.82) is 0 Å². The molecule has 0 spiro atoms. The van der Waals surface area contributed by atoms with Crippen molar-refractivity contribution >= 4 is 33.8 Å². The number of hydrogen-bond acceptors (Lipinski definition) is 7. The number of carboxylic acid groups (broad SMARTS) is 1. The van der Waals surface area contributed by atoms with E-state index in [1.54, 1.807) is 0 Å². The van der Waals surface area contributed by atoms with E-state index in [0.717, 1.165) is 0 Å². The number of nitrogens with two attached hydrogens (primary N) is 1. The minimum Gasteiger partial charge on any atom is -0.480 e. The molecule has 0 aliphatic rings. The number of amides is 3. The Kier molecular flexibility index (Phi) is 12.8. The van der Waals surface area contributed by atoms with Gasteiger partial charge in [-0.05, 0) is 38.6 Å². The Morgan fingerprint density at radius 3 is 2.10 bits per heavy atom. The van der Waals surface area contributed by atoms with Gasteiger partial charge in [-0.25, -0.2) is 4.79 Å². The Morgan fingerprint density at radius 1 is 0.967 bits per heavy atom. The Hall–Kier alpha value is -2.25. The highest BCUT2D eigenvalue weighted by Crippen LogP contribution is 2.07. The van der Waals surface area contributed by atoms with Crippen LogP contribution in [0.25, 0.3) is 0 Å². The van der Waals surface area contributed by atoms with E-state index in [2.05, 4.69) is 16.0 Å². The zero-order valence-electron chi connectivity index (χ0n) is 17.2. The van der Waals surface area contributed by atoms with Gasteiger partial charge in [0.1, 0.15) is 12.1 Å². The van der Waals surface area contributed by atoms with Gasteiger partial charge in [0.2, 0.25) is 17.7 Å². The maximum Gasteiger partial charge on any atom is 0.326 e. The maximum atomic E-state index is 12.2. The highest BCUT2D eigenvalue weighted by atomic mass is 32.2. The zero-order chi connectivity index (χ0) is 23.3. The van der Waals surface area contributed by atoms with Crippen molar-refractivity contribution in [2.75, 3.05) is 19.3 Å². The predicted octanol–water partition coefficient (Wildman–Crippen LogP) is -1.39. The lowest BCUT2D eigenvalue weighted by Gasteiger charge is -2.19. The Morgan fingerprint density at radius 2 is 1.60 bits per heavy atom. The third-order valence-electron chi connectivity index (χ3n) is 4.38. The largest absolute Gasteiger partial charge is 0.480 e. The fourth-order valence-corrected chi connectivity index (χ4v) is 3.16. The van der Waals surface area contributed by atoms with Crippen molar-refractivity contribution in [3.8, 4) is 0 Å². The number of carbonyl (C=O) groups excluding carboxylic acids is 3. The summed E-state index contributed by atoms with van der Waals surface area (Å²) >= 11 is 0. The van der Waals surface area contributed by atoms with Crippen molar-refractivity contribution in [3.63, 3.8) is 0 Å². The van der Waals surface area contributed by atoms with Crippen LogP contribution in [0, 0.1) is 5.92 Å². The minimum absolute atomic E-state index is 0.186. The summed E-state index contributed by atoms with van der Waals surface area (Å²) < 4.78 is 30.2. The van der Waals surface area contributed by atoms with Gasteiger partial charge in [-0.3, -0.25) is 18.9 Å². The number of carbonyl (C=O) groups is 4. The smallest absolute Gasteiger partial charge is 0.326 e. The van der Waals surface area contributed by atoms with Gasteiger partial charge in [0.15, 0.2) is 0 Å². The summed E-state index contributed by atoms with van der Waals surface area (Å²) in [5.41, 5.74) is 5.41. The lowest BCUT2D eigenvalue weighted by atomic mass is 10.1. The third-order valence-corrected chi connectivity index (χ3v) is 5.13. The van der Waals surface area contributed by atoms with E-state index in [1.807, 2.05) is 0 Å². The first-order valence-corrected chi connectivity index (χ1v) is 11.2. The van der Waals surface area contributed by atoms with E-state index in [-0.39, 0.29) is 25.2 Å². The van der Waals surface area contributed by atoms with Crippen LogP contribution < -0.4 is 21.7 Å². The van der Waals surface area contributed by atoms with Crippen LogP contribution in [0.15, 0.2) is 0 Å². The second-order valence-corrected chi connectivity index (χ2v) is 8.50. The average molecular weight is 453 g/mol. The molecule has 0 bridgehead atoms. The molecule has 0 aromatic heterocycles. The standard InChI is InChI=1S/C17H32N4O8S/c1-11(8-10-30(27,28)29)15(23)21-13(17(25)26)6-7-14(22)20-12(16(24)19-2)5-3-4-9-18/h11-13H,3-10,18H2,1-2H3,(H,19,24)(H,20,22)(H,21,23)(H,25,26)(H,27,28,29)/t11?,12-,13?/m0/s1. The van der Waals surface area contributed by atoms with Gasteiger partial charge in [-0.15, -0.1) is 0 Å². The quantitative estimate of drug-likeness (QED) is 0.128. The van der Waals surface area contributed by atoms with Gasteiger partial charge in [-0.2, -0.15) is 8.42 Å². The first-order valence-electron chi connectivity index (χ1n) is 9.60. The summed E-state index contributed by atoms with van der Waals surface area (Å²) in [6.45, 7) is 1.85. The molecule has 174 valence electrons. The maximum absolute atomic E-state index is 12.2. The van der Waals surface area contributed by atoms with Crippen molar-refractivity contribution in [1.82, 2.24) is 16.0 Å². The van der Waals surface area contributed by atoms with Gasteiger partial charge in [0.05, 0.1) is 5.75 Å². The topological polar surface area (TPSA) is 205 Å². The molecule has 30 heavy (non-hydrogen) atoms. The van der Waals surface area contributed by atoms with E-state index in [9.17, 15) is 32.7 Å². The predicted molar refractivity (Wildman–Crippen MR) is 108 cm³/mol. The molecule has 2 unspecified atom stereocenters. The first kappa shape index (κ1) is 27.8. The molecule has 0 heterocycles. The van der Waals surface area contributed by atoms with E-state index in [1.165, 1.54) is 14.0 Å². The summed E-state index contributed by atoms with van der Waals surface area (Å²) in [5.74, 6) is -4.48. The van der Waals surface area contributed by atoms with E-state index >= 15 is 0 Å². The molecule has 12 nitrogen and oxygen atoms in total. The van der Waals surface area contributed by atoms with Crippen LogP contribution >= 0.6 is 0 Å². The molecule has 0 aliphatic carbocycles. The molecule has 0 fully saturated rings. The normalized spacial score (nSPS) is 14.3. The number of aliphatic carboxylic acids is 1. The van der Waals surface area contributed by atoms with Crippen molar-refractivity contribution in [2.24, 2.45) is 11.7 Å². The molecule has 0 aliphatic heterocycles. The zero-order valence-corrected chi connectivity index (χ0v) is 18.0. The lowest BCUT2D eigenvalue weighted by molar-refractivity contribution is -0.142. The van der Waals surface area contributed by atoms with Gasteiger partial charge >= 0.3 is 5.97 Å². The average Bonchev–Trinajstić information content (AvgIpc) is 2.66. The fraction of sp³-hybridized carbons (Fsp3) is 0.765. The van der Waals surface area contributed by atoms with E-state index < -0.39 is 51.7 Å². The lowest BCUT2D eigenvalue weighted by Crippen LogP contribution is -2.47. The minimum atomic E-state index is -4.24. The molecule has 0 aromatic carbocycles.